The fourth-order valence-corrected chi connectivity index (χ4v) is 3.30. The molecule has 3 nitrogen and oxygen atoms in total. The second kappa shape index (κ2) is 8.23. The maximum atomic E-state index is 9.83. The zero-order chi connectivity index (χ0) is 14.3. The predicted molar refractivity (Wildman–Crippen MR) is 82.4 cm³/mol. The summed E-state index contributed by atoms with van der Waals surface area (Å²) in [6.45, 7) is 14.6. The van der Waals surface area contributed by atoms with E-state index in [0.717, 1.165) is 39.1 Å². The van der Waals surface area contributed by atoms with Crippen molar-refractivity contribution < 1.29 is 5.11 Å². The van der Waals surface area contributed by atoms with Gasteiger partial charge in [-0.1, -0.05) is 34.1 Å². The first-order chi connectivity index (χ1) is 9.00. The number of aliphatic hydroxyl groups is 1. The molecule has 19 heavy (non-hydrogen) atoms. The van der Waals surface area contributed by atoms with Gasteiger partial charge in [0.25, 0.3) is 0 Å². The Hall–Kier alpha value is -0.120. The lowest BCUT2D eigenvalue weighted by Crippen LogP contribution is -2.48. The van der Waals surface area contributed by atoms with Gasteiger partial charge in [0.05, 0.1) is 6.10 Å². The molecule has 1 saturated heterocycles. The summed E-state index contributed by atoms with van der Waals surface area (Å²) < 4.78 is 0. The fraction of sp³-hybridized carbons (Fsp3) is 1.00. The highest BCUT2D eigenvalue weighted by molar-refractivity contribution is 4.85. The summed E-state index contributed by atoms with van der Waals surface area (Å²) >= 11 is 0. The topological polar surface area (TPSA) is 35.5 Å². The minimum absolute atomic E-state index is 0.0908. The summed E-state index contributed by atoms with van der Waals surface area (Å²) in [6.07, 6.45) is 4.57. The van der Waals surface area contributed by atoms with E-state index in [4.69, 9.17) is 0 Å². The quantitative estimate of drug-likeness (QED) is 0.665. The summed E-state index contributed by atoms with van der Waals surface area (Å²) in [5.74, 6) is 0.420. The first kappa shape index (κ1) is 16.9. The van der Waals surface area contributed by atoms with Crippen molar-refractivity contribution in [3.63, 3.8) is 0 Å². The molecule has 0 aromatic rings. The van der Waals surface area contributed by atoms with E-state index in [1.54, 1.807) is 0 Å². The van der Waals surface area contributed by atoms with E-state index in [-0.39, 0.29) is 6.10 Å². The molecule has 3 heteroatoms. The fourth-order valence-electron chi connectivity index (χ4n) is 3.30. The molecule has 0 aliphatic carbocycles. The van der Waals surface area contributed by atoms with Gasteiger partial charge in [0.15, 0.2) is 0 Å². The molecule has 0 aromatic heterocycles. The third-order valence-corrected chi connectivity index (χ3v) is 4.38. The Labute approximate surface area is 119 Å². The van der Waals surface area contributed by atoms with Crippen molar-refractivity contribution in [3.05, 3.63) is 0 Å². The Morgan fingerprint density at radius 2 is 2.05 bits per heavy atom. The highest BCUT2D eigenvalue weighted by Crippen LogP contribution is 2.27. The van der Waals surface area contributed by atoms with Crippen molar-refractivity contribution in [2.75, 3.05) is 32.7 Å². The minimum Gasteiger partial charge on any atom is -0.393 e. The SMILES string of the molecule is CCCNCC(C)(CCC)CN1CCC(O)C(C)C1. The molecular formula is C16H34N2O. The summed E-state index contributed by atoms with van der Waals surface area (Å²) in [5.41, 5.74) is 0.367. The number of piperidine rings is 1. The van der Waals surface area contributed by atoms with Crippen LogP contribution in [0.5, 0.6) is 0 Å². The zero-order valence-corrected chi connectivity index (χ0v) is 13.4. The van der Waals surface area contributed by atoms with Crippen molar-refractivity contribution in [1.82, 2.24) is 10.2 Å². The van der Waals surface area contributed by atoms with Crippen LogP contribution in [0.15, 0.2) is 0 Å². The van der Waals surface area contributed by atoms with Crippen LogP contribution in [-0.2, 0) is 0 Å². The molecule has 3 unspecified atom stereocenters. The monoisotopic (exact) mass is 270 g/mol. The highest BCUT2D eigenvalue weighted by atomic mass is 16.3. The number of rotatable bonds is 8. The summed E-state index contributed by atoms with van der Waals surface area (Å²) in [7, 11) is 0. The van der Waals surface area contributed by atoms with Crippen LogP contribution >= 0.6 is 0 Å². The number of hydrogen-bond donors (Lipinski definition) is 2. The van der Waals surface area contributed by atoms with Crippen LogP contribution < -0.4 is 5.32 Å². The van der Waals surface area contributed by atoms with Crippen molar-refractivity contribution in [2.45, 2.75) is 59.5 Å². The van der Waals surface area contributed by atoms with Crippen LogP contribution in [0.25, 0.3) is 0 Å². The molecule has 2 N–H and O–H groups in total. The Bertz CT molecular complexity index is 247. The van der Waals surface area contributed by atoms with E-state index in [1.807, 2.05) is 0 Å². The molecule has 1 heterocycles. The molecule has 0 aromatic carbocycles. The lowest BCUT2D eigenvalue weighted by atomic mass is 9.83. The number of hydrogen-bond acceptors (Lipinski definition) is 3. The molecule has 1 aliphatic heterocycles. The Balaban J connectivity index is 2.47. The third kappa shape index (κ3) is 5.80. The molecular weight excluding hydrogens is 236 g/mol. The van der Waals surface area contributed by atoms with E-state index >= 15 is 0 Å². The number of nitrogens with one attached hydrogen (secondary N) is 1. The van der Waals surface area contributed by atoms with Gasteiger partial charge >= 0.3 is 0 Å². The molecule has 3 atom stereocenters. The Morgan fingerprint density at radius 3 is 2.63 bits per heavy atom. The minimum atomic E-state index is -0.0908. The van der Waals surface area contributed by atoms with Crippen molar-refractivity contribution in [1.29, 1.82) is 0 Å². The number of nitrogens with zero attached hydrogens (tertiary/aromatic N) is 1. The van der Waals surface area contributed by atoms with Gasteiger partial charge in [0, 0.05) is 26.2 Å². The molecule has 1 aliphatic rings. The van der Waals surface area contributed by atoms with Crippen LogP contribution in [0.2, 0.25) is 0 Å². The Morgan fingerprint density at radius 1 is 1.32 bits per heavy atom. The molecule has 1 fully saturated rings. The standard InChI is InChI=1S/C16H34N2O/c1-5-8-16(4,12-17-9-6-2)13-18-10-7-15(19)14(3)11-18/h14-15,17,19H,5-13H2,1-4H3. The van der Waals surface area contributed by atoms with Gasteiger partial charge in [-0.3, -0.25) is 0 Å². The van der Waals surface area contributed by atoms with Crippen molar-refractivity contribution >= 4 is 0 Å². The van der Waals surface area contributed by atoms with Gasteiger partial charge < -0.3 is 15.3 Å². The molecule has 0 amide bonds. The third-order valence-electron chi connectivity index (χ3n) is 4.38. The van der Waals surface area contributed by atoms with Crippen LogP contribution in [-0.4, -0.2) is 48.8 Å². The molecule has 1 rings (SSSR count). The van der Waals surface area contributed by atoms with Crippen molar-refractivity contribution in [2.24, 2.45) is 11.3 Å². The van der Waals surface area contributed by atoms with Gasteiger partial charge in [0.2, 0.25) is 0 Å². The van der Waals surface area contributed by atoms with Gasteiger partial charge in [0.1, 0.15) is 0 Å². The maximum absolute atomic E-state index is 9.83. The number of likely N-dealkylation sites (tertiary alicyclic amines) is 1. The lowest BCUT2D eigenvalue weighted by Gasteiger charge is -2.40. The first-order valence-corrected chi connectivity index (χ1v) is 8.12. The maximum Gasteiger partial charge on any atom is 0.0590 e. The van der Waals surface area contributed by atoms with E-state index in [1.165, 1.54) is 19.3 Å². The van der Waals surface area contributed by atoms with E-state index < -0.39 is 0 Å². The number of aliphatic hydroxyl groups excluding tert-OH is 1. The zero-order valence-electron chi connectivity index (χ0n) is 13.4. The first-order valence-electron chi connectivity index (χ1n) is 8.12. The summed E-state index contributed by atoms with van der Waals surface area (Å²) in [6, 6.07) is 0. The molecule has 0 saturated carbocycles. The van der Waals surface area contributed by atoms with Crippen LogP contribution in [0.3, 0.4) is 0 Å². The predicted octanol–water partition coefficient (Wildman–Crippen LogP) is 2.50. The van der Waals surface area contributed by atoms with Crippen LogP contribution in [0.4, 0.5) is 0 Å². The van der Waals surface area contributed by atoms with Gasteiger partial charge in [-0.15, -0.1) is 0 Å². The second-order valence-electron chi connectivity index (χ2n) is 6.81. The molecule has 0 radical (unpaired) electrons. The summed E-state index contributed by atoms with van der Waals surface area (Å²) in [5, 5.41) is 13.4. The van der Waals surface area contributed by atoms with Gasteiger partial charge in [-0.25, -0.2) is 0 Å². The largest absolute Gasteiger partial charge is 0.393 e. The molecule has 0 bridgehead atoms. The average molecular weight is 270 g/mol. The van der Waals surface area contributed by atoms with Crippen LogP contribution in [0, 0.1) is 11.3 Å². The lowest BCUT2D eigenvalue weighted by molar-refractivity contribution is 0.0172. The van der Waals surface area contributed by atoms with E-state index in [0.29, 0.717) is 11.3 Å². The normalized spacial score (nSPS) is 28.3. The highest BCUT2D eigenvalue weighted by Gasteiger charge is 2.30. The molecule has 0 spiro atoms. The van der Waals surface area contributed by atoms with E-state index in [9.17, 15) is 5.11 Å². The van der Waals surface area contributed by atoms with Gasteiger partial charge in [-0.2, -0.15) is 0 Å². The average Bonchev–Trinajstić information content (AvgIpc) is 2.34. The smallest absolute Gasteiger partial charge is 0.0590 e. The van der Waals surface area contributed by atoms with Crippen LogP contribution in [0.1, 0.15) is 53.4 Å². The second-order valence-corrected chi connectivity index (χ2v) is 6.81. The molecule has 114 valence electrons. The Kier molecular flexibility index (Phi) is 7.33. The van der Waals surface area contributed by atoms with Gasteiger partial charge in [-0.05, 0) is 37.1 Å². The summed E-state index contributed by atoms with van der Waals surface area (Å²) in [4.78, 5) is 2.56. The van der Waals surface area contributed by atoms with E-state index in [2.05, 4.69) is 37.9 Å². The van der Waals surface area contributed by atoms with Crippen molar-refractivity contribution in [3.8, 4) is 0 Å².